The van der Waals surface area contributed by atoms with Gasteiger partial charge in [-0.1, -0.05) is 46.3 Å². The topological polar surface area (TPSA) is 68.0 Å². The van der Waals surface area contributed by atoms with Crippen molar-refractivity contribution >= 4 is 27.3 Å². The molecule has 0 aliphatic carbocycles. The molecule has 30 heavy (non-hydrogen) atoms. The van der Waals surface area contributed by atoms with Crippen molar-refractivity contribution in [2.45, 2.75) is 25.1 Å². The molecular weight excluding hydrogens is 446 g/mol. The fourth-order valence-electron chi connectivity index (χ4n) is 4.17. The number of nitro benzene ring substituents is 1. The molecular formula is C23H18BrN3O3. The van der Waals surface area contributed by atoms with Gasteiger partial charge in [0.25, 0.3) is 5.69 Å². The van der Waals surface area contributed by atoms with Gasteiger partial charge in [-0.2, -0.15) is 5.10 Å². The second kappa shape index (κ2) is 6.95. The highest BCUT2D eigenvalue weighted by Gasteiger charge is 2.48. The van der Waals surface area contributed by atoms with Crippen LogP contribution in [0.3, 0.4) is 0 Å². The Bertz CT molecular complexity index is 1160. The lowest BCUT2D eigenvalue weighted by Gasteiger charge is -2.46. The molecule has 3 aromatic rings. The van der Waals surface area contributed by atoms with E-state index in [4.69, 9.17) is 9.84 Å². The average molecular weight is 464 g/mol. The van der Waals surface area contributed by atoms with E-state index in [1.165, 1.54) is 12.1 Å². The third kappa shape index (κ3) is 2.97. The maximum Gasteiger partial charge on any atom is 0.269 e. The molecule has 3 aromatic carbocycles. The number of hydrogen-bond donors (Lipinski definition) is 0. The van der Waals surface area contributed by atoms with E-state index in [9.17, 15) is 10.1 Å². The summed E-state index contributed by atoms with van der Waals surface area (Å²) in [6, 6.07) is 22.6. The van der Waals surface area contributed by atoms with Crippen LogP contribution in [0.15, 0.2) is 82.4 Å². The lowest BCUT2D eigenvalue weighted by Crippen LogP contribution is -2.48. The molecule has 2 heterocycles. The van der Waals surface area contributed by atoms with Crippen LogP contribution in [0.1, 0.15) is 36.1 Å². The van der Waals surface area contributed by atoms with Crippen molar-refractivity contribution in [3.63, 3.8) is 0 Å². The standard InChI is InChI=1S/C23H18BrN3O3/c1-23(16-7-10-18(11-8-16)27(28)29)26-21(19-13-17(24)9-12-22(19)30-23)14-20(25-26)15-5-3-2-4-6-15/h2-13,21H,14H2,1H3/t21-,23-/m0/s1. The quantitative estimate of drug-likeness (QED) is 0.365. The zero-order valence-corrected chi connectivity index (χ0v) is 17.7. The van der Waals surface area contributed by atoms with Gasteiger partial charge in [0.05, 0.1) is 16.7 Å². The van der Waals surface area contributed by atoms with Crippen LogP contribution >= 0.6 is 15.9 Å². The molecule has 0 N–H and O–H groups in total. The summed E-state index contributed by atoms with van der Waals surface area (Å²) in [5.41, 5.74) is 3.11. The number of rotatable bonds is 3. The number of benzene rings is 3. The van der Waals surface area contributed by atoms with E-state index in [0.29, 0.717) is 0 Å². The molecule has 0 saturated heterocycles. The van der Waals surface area contributed by atoms with Crippen LogP contribution in [0.4, 0.5) is 5.69 Å². The van der Waals surface area contributed by atoms with Gasteiger partial charge in [-0.15, -0.1) is 0 Å². The number of ether oxygens (including phenoxy) is 1. The molecule has 150 valence electrons. The number of hydrogen-bond acceptors (Lipinski definition) is 5. The summed E-state index contributed by atoms with van der Waals surface area (Å²) in [5, 5.41) is 18.0. The lowest BCUT2D eigenvalue weighted by atomic mass is 9.92. The van der Waals surface area contributed by atoms with Crippen molar-refractivity contribution in [2.24, 2.45) is 5.10 Å². The van der Waals surface area contributed by atoms with Gasteiger partial charge in [-0.3, -0.25) is 10.1 Å². The molecule has 6 nitrogen and oxygen atoms in total. The minimum absolute atomic E-state index is 0.00153. The van der Waals surface area contributed by atoms with Gasteiger partial charge in [0.2, 0.25) is 5.72 Å². The molecule has 0 radical (unpaired) electrons. The lowest BCUT2D eigenvalue weighted by molar-refractivity contribution is -0.384. The highest BCUT2D eigenvalue weighted by atomic mass is 79.9. The van der Waals surface area contributed by atoms with E-state index in [1.54, 1.807) is 12.1 Å². The van der Waals surface area contributed by atoms with E-state index in [2.05, 4.69) is 34.1 Å². The normalized spacial score (nSPS) is 22.0. The Kier molecular flexibility index (Phi) is 4.36. The summed E-state index contributed by atoms with van der Waals surface area (Å²) in [6.45, 7) is 1.96. The van der Waals surface area contributed by atoms with E-state index in [0.717, 1.165) is 39.0 Å². The summed E-state index contributed by atoms with van der Waals surface area (Å²) in [7, 11) is 0. The predicted octanol–water partition coefficient (Wildman–Crippen LogP) is 5.77. The Morgan fingerprint density at radius 3 is 2.57 bits per heavy atom. The van der Waals surface area contributed by atoms with Crippen LogP contribution in [0, 0.1) is 10.1 Å². The molecule has 0 unspecified atom stereocenters. The molecule has 0 amide bonds. The number of fused-ring (bicyclic) bond motifs is 3. The zero-order valence-electron chi connectivity index (χ0n) is 16.2. The summed E-state index contributed by atoms with van der Waals surface area (Å²) >= 11 is 3.57. The van der Waals surface area contributed by atoms with E-state index in [1.807, 2.05) is 42.3 Å². The summed E-state index contributed by atoms with van der Waals surface area (Å²) in [5.74, 6) is 0.796. The summed E-state index contributed by atoms with van der Waals surface area (Å²) in [6.07, 6.45) is 0.749. The second-order valence-electron chi connectivity index (χ2n) is 7.55. The molecule has 0 bridgehead atoms. The van der Waals surface area contributed by atoms with E-state index < -0.39 is 10.6 Å². The number of halogens is 1. The number of non-ortho nitro benzene ring substituents is 1. The minimum Gasteiger partial charge on any atom is -0.462 e. The number of nitro groups is 1. The van der Waals surface area contributed by atoms with Gasteiger partial charge in [0.15, 0.2) is 0 Å². The van der Waals surface area contributed by atoms with Crippen LogP contribution in [-0.2, 0) is 5.72 Å². The molecule has 0 saturated carbocycles. The molecule has 7 heteroatoms. The Hall–Kier alpha value is -3.19. The van der Waals surface area contributed by atoms with E-state index >= 15 is 0 Å². The maximum absolute atomic E-state index is 11.1. The highest BCUT2D eigenvalue weighted by molar-refractivity contribution is 9.10. The average Bonchev–Trinajstić information content (AvgIpc) is 3.22. The van der Waals surface area contributed by atoms with Crippen molar-refractivity contribution in [1.82, 2.24) is 5.01 Å². The first-order chi connectivity index (χ1) is 14.5. The first-order valence-electron chi connectivity index (χ1n) is 9.61. The predicted molar refractivity (Wildman–Crippen MR) is 117 cm³/mol. The minimum atomic E-state index is -0.892. The Balaban J connectivity index is 1.64. The van der Waals surface area contributed by atoms with Crippen LogP contribution in [0.2, 0.25) is 0 Å². The van der Waals surface area contributed by atoms with Gasteiger partial charge in [-0.25, -0.2) is 5.01 Å². The van der Waals surface area contributed by atoms with E-state index in [-0.39, 0.29) is 11.7 Å². The second-order valence-corrected chi connectivity index (χ2v) is 8.46. The molecule has 2 atom stereocenters. The molecule has 0 fully saturated rings. The van der Waals surface area contributed by atoms with Crippen molar-refractivity contribution in [1.29, 1.82) is 0 Å². The van der Waals surface area contributed by atoms with Gasteiger partial charge >= 0.3 is 0 Å². The van der Waals surface area contributed by atoms with Crippen LogP contribution in [-0.4, -0.2) is 15.6 Å². The third-order valence-corrected chi connectivity index (χ3v) is 6.20. The monoisotopic (exact) mass is 463 g/mol. The Labute approximate surface area is 182 Å². The molecule has 0 aromatic heterocycles. The number of hydrazone groups is 1. The summed E-state index contributed by atoms with van der Waals surface area (Å²) < 4.78 is 7.47. The molecule has 0 spiro atoms. The number of nitrogens with zero attached hydrogens (tertiary/aromatic N) is 3. The molecule has 5 rings (SSSR count). The van der Waals surface area contributed by atoms with Gasteiger partial charge in [0, 0.05) is 41.1 Å². The Morgan fingerprint density at radius 1 is 1.13 bits per heavy atom. The first kappa shape index (κ1) is 18.8. The van der Waals surface area contributed by atoms with Crippen LogP contribution < -0.4 is 4.74 Å². The van der Waals surface area contributed by atoms with Gasteiger partial charge < -0.3 is 4.74 Å². The van der Waals surface area contributed by atoms with Gasteiger partial charge in [0.1, 0.15) is 5.75 Å². The third-order valence-electron chi connectivity index (χ3n) is 5.71. The highest BCUT2D eigenvalue weighted by Crippen LogP contribution is 2.50. The fraction of sp³-hybridized carbons (Fsp3) is 0.174. The molecule has 2 aliphatic rings. The first-order valence-corrected chi connectivity index (χ1v) is 10.4. The maximum atomic E-state index is 11.1. The fourth-order valence-corrected chi connectivity index (χ4v) is 4.55. The Morgan fingerprint density at radius 2 is 1.87 bits per heavy atom. The molecule has 2 aliphatic heterocycles. The smallest absolute Gasteiger partial charge is 0.269 e. The summed E-state index contributed by atoms with van der Waals surface area (Å²) in [4.78, 5) is 10.7. The van der Waals surface area contributed by atoms with Crippen molar-refractivity contribution in [3.05, 3.63) is 104 Å². The van der Waals surface area contributed by atoms with Crippen LogP contribution in [0.5, 0.6) is 5.75 Å². The SMILES string of the molecule is C[C@@]1(c2ccc([N+](=O)[O-])cc2)Oc2ccc(Br)cc2[C@@H]2CC(c3ccccc3)=NN21. The zero-order chi connectivity index (χ0) is 20.9. The van der Waals surface area contributed by atoms with Crippen molar-refractivity contribution in [3.8, 4) is 5.75 Å². The van der Waals surface area contributed by atoms with Gasteiger partial charge in [-0.05, 0) is 35.9 Å². The largest absolute Gasteiger partial charge is 0.462 e. The van der Waals surface area contributed by atoms with Crippen molar-refractivity contribution < 1.29 is 9.66 Å². The van der Waals surface area contributed by atoms with Crippen molar-refractivity contribution in [2.75, 3.05) is 0 Å². The van der Waals surface area contributed by atoms with Crippen LogP contribution in [0.25, 0.3) is 0 Å².